The van der Waals surface area contributed by atoms with Crippen molar-refractivity contribution in [1.29, 1.82) is 0 Å². The fourth-order valence-corrected chi connectivity index (χ4v) is 3.10. The Hall–Kier alpha value is -0.670. The minimum atomic E-state index is -0.659. The van der Waals surface area contributed by atoms with E-state index in [1.807, 2.05) is 27.7 Å². The Morgan fingerprint density at radius 3 is 2.78 bits per heavy atom. The summed E-state index contributed by atoms with van der Waals surface area (Å²) in [7, 11) is 0. The Balaban J connectivity index is 2.25. The highest BCUT2D eigenvalue weighted by Crippen LogP contribution is 2.45. The third-order valence-electron chi connectivity index (χ3n) is 4.30. The van der Waals surface area contributed by atoms with E-state index in [9.17, 15) is 9.90 Å². The highest BCUT2D eigenvalue weighted by molar-refractivity contribution is 5.84. The largest absolute Gasteiger partial charge is 0.390 e. The first-order valence-corrected chi connectivity index (χ1v) is 6.89. The minimum absolute atomic E-state index is 0.144. The van der Waals surface area contributed by atoms with E-state index in [1.165, 1.54) is 0 Å². The maximum absolute atomic E-state index is 12.3. The third-order valence-corrected chi connectivity index (χ3v) is 4.30. The number of ether oxygens (including phenoxy) is 1. The molecule has 3 heteroatoms. The van der Waals surface area contributed by atoms with Crippen LogP contribution in [0.4, 0.5) is 0 Å². The maximum atomic E-state index is 12.3. The molecular weight excluding hydrogens is 228 g/mol. The van der Waals surface area contributed by atoms with Crippen molar-refractivity contribution in [3.8, 4) is 0 Å². The summed E-state index contributed by atoms with van der Waals surface area (Å²) in [4.78, 5) is 12.3. The summed E-state index contributed by atoms with van der Waals surface area (Å²) in [5.74, 6) is -0.0162. The summed E-state index contributed by atoms with van der Waals surface area (Å²) in [6.45, 7) is 8.02. The Labute approximate surface area is 109 Å². The molecule has 0 amide bonds. The lowest BCUT2D eigenvalue weighted by Crippen LogP contribution is -2.38. The molecule has 2 aliphatic rings. The summed E-state index contributed by atoms with van der Waals surface area (Å²) < 4.78 is 5.68. The second-order valence-electron chi connectivity index (χ2n) is 6.34. The highest BCUT2D eigenvalue weighted by atomic mass is 16.6. The number of carbonyl (C=O) groups excluding carboxylic acids is 1. The third kappa shape index (κ3) is 2.52. The fraction of sp³-hybridized carbons (Fsp3) is 0.800. The van der Waals surface area contributed by atoms with E-state index in [1.54, 1.807) is 0 Å². The average Bonchev–Trinajstić information content (AvgIpc) is 2.89. The van der Waals surface area contributed by atoms with Gasteiger partial charge in [0, 0.05) is 12.3 Å². The first kappa shape index (κ1) is 13.8. The van der Waals surface area contributed by atoms with Gasteiger partial charge in [0.05, 0.1) is 11.7 Å². The van der Waals surface area contributed by atoms with Gasteiger partial charge in [0.15, 0.2) is 0 Å². The van der Waals surface area contributed by atoms with E-state index in [-0.39, 0.29) is 29.3 Å². The predicted molar refractivity (Wildman–Crippen MR) is 70.2 cm³/mol. The molecule has 4 atom stereocenters. The Morgan fingerprint density at radius 2 is 2.17 bits per heavy atom. The first-order chi connectivity index (χ1) is 8.35. The molecule has 1 fully saturated rings. The SMILES string of the molecule is C/C1=C\CC[C@]2(C)O[C@@H]2[C@H](O)[C@@H](C(C)C)C(=O)C1. The average molecular weight is 252 g/mol. The van der Waals surface area contributed by atoms with Crippen molar-refractivity contribution in [2.45, 2.75) is 64.8 Å². The van der Waals surface area contributed by atoms with Gasteiger partial charge in [-0.15, -0.1) is 0 Å². The van der Waals surface area contributed by atoms with Gasteiger partial charge in [-0.2, -0.15) is 0 Å². The van der Waals surface area contributed by atoms with E-state index in [4.69, 9.17) is 4.74 Å². The van der Waals surface area contributed by atoms with Gasteiger partial charge >= 0.3 is 0 Å². The second kappa shape index (κ2) is 4.78. The van der Waals surface area contributed by atoms with Crippen LogP contribution in [0.1, 0.15) is 47.0 Å². The van der Waals surface area contributed by atoms with E-state index in [2.05, 4.69) is 6.08 Å². The van der Waals surface area contributed by atoms with Crippen LogP contribution >= 0.6 is 0 Å². The lowest BCUT2D eigenvalue weighted by atomic mass is 9.79. The normalized spacial score (nSPS) is 44.2. The highest BCUT2D eigenvalue weighted by Gasteiger charge is 2.58. The van der Waals surface area contributed by atoms with E-state index in [0.717, 1.165) is 18.4 Å². The molecule has 18 heavy (non-hydrogen) atoms. The molecule has 1 saturated heterocycles. The van der Waals surface area contributed by atoms with Gasteiger partial charge in [0.2, 0.25) is 0 Å². The number of fused-ring (bicyclic) bond motifs is 1. The van der Waals surface area contributed by atoms with Crippen LogP contribution in [0.3, 0.4) is 0 Å². The summed E-state index contributed by atoms with van der Waals surface area (Å²) in [6, 6.07) is 0. The molecule has 0 radical (unpaired) electrons. The lowest BCUT2D eigenvalue weighted by Gasteiger charge is -2.25. The molecular formula is C15H24O3. The number of rotatable bonds is 1. The Kier molecular flexibility index (Phi) is 3.65. The van der Waals surface area contributed by atoms with Gasteiger partial charge in [0.1, 0.15) is 11.9 Å². The van der Waals surface area contributed by atoms with Crippen LogP contribution in [0.15, 0.2) is 11.6 Å². The molecule has 1 aliphatic carbocycles. The molecule has 0 spiro atoms. The summed E-state index contributed by atoms with van der Waals surface area (Å²) in [6.07, 6.45) is 3.62. The molecule has 1 aliphatic heterocycles. The van der Waals surface area contributed by atoms with Crippen LogP contribution < -0.4 is 0 Å². The number of carbonyl (C=O) groups is 1. The zero-order valence-corrected chi connectivity index (χ0v) is 11.8. The smallest absolute Gasteiger partial charge is 0.142 e. The van der Waals surface area contributed by atoms with Crippen LogP contribution in [0.5, 0.6) is 0 Å². The fourth-order valence-electron chi connectivity index (χ4n) is 3.10. The van der Waals surface area contributed by atoms with Crippen molar-refractivity contribution in [3.05, 3.63) is 11.6 Å². The van der Waals surface area contributed by atoms with Crippen LogP contribution in [-0.4, -0.2) is 28.7 Å². The van der Waals surface area contributed by atoms with Crippen molar-refractivity contribution in [3.63, 3.8) is 0 Å². The van der Waals surface area contributed by atoms with Gasteiger partial charge in [-0.25, -0.2) is 0 Å². The zero-order chi connectivity index (χ0) is 13.5. The lowest BCUT2D eigenvalue weighted by molar-refractivity contribution is -0.128. The van der Waals surface area contributed by atoms with Gasteiger partial charge in [-0.3, -0.25) is 4.79 Å². The molecule has 1 N–H and O–H groups in total. The van der Waals surface area contributed by atoms with Gasteiger partial charge in [-0.1, -0.05) is 25.5 Å². The zero-order valence-electron chi connectivity index (χ0n) is 11.8. The maximum Gasteiger partial charge on any atom is 0.142 e. The standard InChI is InChI=1S/C15H24O3/c1-9(2)12-11(16)8-10(3)6-5-7-15(4)14(18-15)13(12)17/h6,9,12-14,17H,5,7-8H2,1-4H3/b10-6+/t12-,13+,14+,15-/m0/s1. The molecule has 3 nitrogen and oxygen atoms in total. The molecule has 0 aromatic carbocycles. The summed E-state index contributed by atoms with van der Waals surface area (Å²) in [5, 5.41) is 10.4. The Morgan fingerprint density at radius 1 is 1.50 bits per heavy atom. The number of hydrogen-bond acceptors (Lipinski definition) is 3. The Bertz CT molecular complexity index is 372. The van der Waals surface area contributed by atoms with Crippen molar-refractivity contribution in [2.24, 2.45) is 11.8 Å². The number of aliphatic hydroxyl groups is 1. The number of allylic oxidation sites excluding steroid dienone is 2. The van der Waals surface area contributed by atoms with Crippen LogP contribution in [-0.2, 0) is 9.53 Å². The number of ketones is 1. The number of epoxide rings is 1. The molecule has 0 bridgehead atoms. The van der Waals surface area contributed by atoms with Crippen molar-refractivity contribution < 1.29 is 14.6 Å². The molecule has 1 heterocycles. The molecule has 0 aromatic heterocycles. The second-order valence-corrected chi connectivity index (χ2v) is 6.34. The van der Waals surface area contributed by atoms with E-state index in [0.29, 0.717) is 6.42 Å². The molecule has 0 saturated carbocycles. The van der Waals surface area contributed by atoms with Gasteiger partial charge in [-0.05, 0) is 32.6 Å². The summed E-state index contributed by atoms with van der Waals surface area (Å²) in [5.41, 5.74) is 0.876. The topological polar surface area (TPSA) is 49.8 Å². The van der Waals surface area contributed by atoms with Gasteiger partial charge < -0.3 is 9.84 Å². The van der Waals surface area contributed by atoms with Crippen molar-refractivity contribution in [2.75, 3.05) is 0 Å². The molecule has 0 aromatic rings. The van der Waals surface area contributed by atoms with Crippen LogP contribution in [0.25, 0.3) is 0 Å². The molecule has 2 rings (SSSR count). The number of hydrogen-bond donors (Lipinski definition) is 1. The quantitative estimate of drug-likeness (QED) is 0.576. The summed E-state index contributed by atoms with van der Waals surface area (Å²) >= 11 is 0. The van der Waals surface area contributed by atoms with Crippen LogP contribution in [0.2, 0.25) is 0 Å². The monoisotopic (exact) mass is 252 g/mol. The predicted octanol–water partition coefficient (Wildman–Crippen LogP) is 2.48. The van der Waals surface area contributed by atoms with Gasteiger partial charge in [0.25, 0.3) is 0 Å². The first-order valence-electron chi connectivity index (χ1n) is 6.89. The van der Waals surface area contributed by atoms with Crippen LogP contribution in [0, 0.1) is 11.8 Å². The van der Waals surface area contributed by atoms with Crippen molar-refractivity contribution >= 4 is 5.78 Å². The number of aliphatic hydroxyl groups excluding tert-OH is 1. The van der Waals surface area contributed by atoms with E-state index < -0.39 is 6.10 Å². The minimum Gasteiger partial charge on any atom is -0.390 e. The number of Topliss-reactive ketones (excluding diaryl/α,β-unsaturated/α-hetero) is 1. The molecule has 102 valence electrons. The molecule has 0 unspecified atom stereocenters. The van der Waals surface area contributed by atoms with E-state index >= 15 is 0 Å². The van der Waals surface area contributed by atoms with Crippen molar-refractivity contribution in [1.82, 2.24) is 0 Å².